The topological polar surface area (TPSA) is 84.7 Å². The van der Waals surface area contributed by atoms with Crippen LogP contribution in [0.25, 0.3) is 0 Å². The number of anilines is 1. The molecular formula is C19H25N3O4S. The van der Waals surface area contributed by atoms with Gasteiger partial charge in [-0.3, -0.25) is 4.79 Å². The molecule has 2 aliphatic rings. The number of fused-ring (bicyclic) bond motifs is 1. The van der Waals surface area contributed by atoms with E-state index < -0.39 is 0 Å². The number of rotatable bonds is 5. The summed E-state index contributed by atoms with van der Waals surface area (Å²) < 4.78 is 16.5. The van der Waals surface area contributed by atoms with Crippen molar-refractivity contribution in [3.8, 4) is 6.07 Å². The Balaban J connectivity index is 2.01. The van der Waals surface area contributed by atoms with E-state index in [-0.39, 0.29) is 17.3 Å². The molecule has 3 heterocycles. The van der Waals surface area contributed by atoms with E-state index in [4.69, 9.17) is 19.2 Å². The molecule has 3 rings (SSSR count). The lowest BCUT2D eigenvalue weighted by Crippen LogP contribution is -2.39. The van der Waals surface area contributed by atoms with E-state index in [9.17, 15) is 10.1 Å². The summed E-state index contributed by atoms with van der Waals surface area (Å²) in [5.74, 6) is 0.674. The van der Waals surface area contributed by atoms with Crippen molar-refractivity contribution in [2.75, 3.05) is 43.6 Å². The van der Waals surface area contributed by atoms with E-state index in [1.54, 1.807) is 6.92 Å². The fourth-order valence-corrected chi connectivity index (χ4v) is 4.11. The molecule has 0 spiro atoms. The highest BCUT2D eigenvalue weighted by atomic mass is 32.2. The SMILES string of the molecule is CCOC(=O)CSc1nc(N2CCOCC2)c2c(c1C#N)CC(C)(C)OC2. The number of hydrogen-bond donors (Lipinski definition) is 0. The van der Waals surface area contributed by atoms with Gasteiger partial charge in [0.15, 0.2) is 0 Å². The summed E-state index contributed by atoms with van der Waals surface area (Å²) in [6.45, 7) is 9.38. The Bertz CT molecular complexity index is 754. The molecule has 0 aromatic carbocycles. The van der Waals surface area contributed by atoms with Gasteiger partial charge in [0.2, 0.25) is 0 Å². The van der Waals surface area contributed by atoms with Crippen molar-refractivity contribution in [3.63, 3.8) is 0 Å². The van der Waals surface area contributed by atoms with Gasteiger partial charge >= 0.3 is 5.97 Å². The van der Waals surface area contributed by atoms with Crippen molar-refractivity contribution in [1.82, 2.24) is 4.98 Å². The van der Waals surface area contributed by atoms with E-state index in [0.717, 1.165) is 30.0 Å². The second-order valence-corrected chi connectivity index (χ2v) is 8.07. The van der Waals surface area contributed by atoms with Gasteiger partial charge in [0.25, 0.3) is 0 Å². The van der Waals surface area contributed by atoms with Crippen molar-refractivity contribution in [2.24, 2.45) is 0 Å². The molecule has 0 amide bonds. The first kappa shape index (κ1) is 19.9. The van der Waals surface area contributed by atoms with Gasteiger partial charge in [-0.1, -0.05) is 11.8 Å². The molecule has 2 aliphatic heterocycles. The van der Waals surface area contributed by atoms with Gasteiger partial charge in [0, 0.05) is 25.1 Å². The molecular weight excluding hydrogens is 366 g/mol. The molecule has 0 bridgehead atoms. The third-order valence-electron chi connectivity index (χ3n) is 4.62. The Labute approximate surface area is 164 Å². The third-order valence-corrected chi connectivity index (χ3v) is 5.57. The number of morpholine rings is 1. The Kier molecular flexibility index (Phi) is 6.25. The molecule has 1 fully saturated rings. The van der Waals surface area contributed by atoms with E-state index in [1.807, 2.05) is 13.8 Å². The molecule has 1 saturated heterocycles. The zero-order valence-electron chi connectivity index (χ0n) is 16.0. The quantitative estimate of drug-likeness (QED) is 0.558. The number of esters is 1. The van der Waals surface area contributed by atoms with Gasteiger partial charge in [-0.25, -0.2) is 4.98 Å². The summed E-state index contributed by atoms with van der Waals surface area (Å²) in [6.07, 6.45) is 0.637. The summed E-state index contributed by atoms with van der Waals surface area (Å²) in [5, 5.41) is 10.4. The molecule has 0 saturated carbocycles. The molecule has 27 heavy (non-hydrogen) atoms. The molecule has 0 aliphatic carbocycles. The van der Waals surface area contributed by atoms with Crippen molar-refractivity contribution in [3.05, 3.63) is 16.7 Å². The normalized spacial score (nSPS) is 18.5. The highest BCUT2D eigenvalue weighted by molar-refractivity contribution is 7.99. The molecule has 0 N–H and O–H groups in total. The minimum absolute atomic E-state index is 0.136. The number of carbonyl (C=O) groups is 1. The summed E-state index contributed by atoms with van der Waals surface area (Å²) >= 11 is 1.26. The highest BCUT2D eigenvalue weighted by Crippen LogP contribution is 2.38. The number of ether oxygens (including phenoxy) is 3. The number of pyridine rings is 1. The van der Waals surface area contributed by atoms with Gasteiger partial charge in [-0.05, 0) is 26.3 Å². The van der Waals surface area contributed by atoms with Crippen molar-refractivity contribution < 1.29 is 19.0 Å². The smallest absolute Gasteiger partial charge is 0.316 e. The number of nitriles is 1. The van der Waals surface area contributed by atoms with Crippen LogP contribution in [0.2, 0.25) is 0 Å². The molecule has 8 heteroatoms. The first-order chi connectivity index (χ1) is 12.9. The van der Waals surface area contributed by atoms with Crippen LogP contribution in [0, 0.1) is 11.3 Å². The minimum Gasteiger partial charge on any atom is -0.465 e. The average molecular weight is 391 g/mol. The standard InChI is InChI=1S/C19H25N3O4S/c1-4-25-16(23)12-27-18-14(10-20)13-9-19(2,3)26-11-15(13)17(21-18)22-5-7-24-8-6-22/h4-9,11-12H2,1-3H3. The number of thioether (sulfide) groups is 1. The number of hydrogen-bond acceptors (Lipinski definition) is 8. The zero-order valence-corrected chi connectivity index (χ0v) is 16.9. The Hall–Kier alpha value is -1.82. The maximum atomic E-state index is 11.8. The molecule has 1 aromatic heterocycles. The highest BCUT2D eigenvalue weighted by Gasteiger charge is 2.33. The van der Waals surface area contributed by atoms with Crippen molar-refractivity contribution in [1.29, 1.82) is 5.26 Å². The molecule has 0 unspecified atom stereocenters. The van der Waals surface area contributed by atoms with E-state index in [2.05, 4.69) is 11.0 Å². The fraction of sp³-hybridized carbons (Fsp3) is 0.632. The molecule has 7 nitrogen and oxygen atoms in total. The lowest BCUT2D eigenvalue weighted by atomic mass is 9.89. The molecule has 146 valence electrons. The van der Waals surface area contributed by atoms with E-state index in [0.29, 0.717) is 43.4 Å². The van der Waals surface area contributed by atoms with Gasteiger partial charge in [-0.15, -0.1) is 0 Å². The summed E-state index contributed by atoms with van der Waals surface area (Å²) in [7, 11) is 0. The largest absolute Gasteiger partial charge is 0.465 e. The van der Waals surface area contributed by atoms with Gasteiger partial charge in [0.1, 0.15) is 16.9 Å². The van der Waals surface area contributed by atoms with Gasteiger partial charge in [0.05, 0.1) is 43.3 Å². The molecule has 0 radical (unpaired) electrons. The van der Waals surface area contributed by atoms with Gasteiger partial charge in [-0.2, -0.15) is 5.26 Å². The van der Waals surface area contributed by atoms with Gasteiger partial charge < -0.3 is 19.1 Å². The van der Waals surface area contributed by atoms with E-state index >= 15 is 0 Å². The zero-order chi connectivity index (χ0) is 19.4. The third kappa shape index (κ3) is 4.54. The average Bonchev–Trinajstić information content (AvgIpc) is 2.65. The minimum atomic E-state index is -0.342. The number of nitrogens with zero attached hydrogens (tertiary/aromatic N) is 3. The van der Waals surface area contributed by atoms with Crippen LogP contribution in [0.4, 0.5) is 5.82 Å². The van der Waals surface area contributed by atoms with Crippen molar-refractivity contribution >= 4 is 23.5 Å². The van der Waals surface area contributed by atoms with Crippen LogP contribution in [0.15, 0.2) is 5.03 Å². The Morgan fingerprint density at radius 3 is 2.78 bits per heavy atom. The number of carbonyl (C=O) groups excluding carboxylic acids is 1. The summed E-state index contributed by atoms with van der Waals surface area (Å²) in [4.78, 5) is 18.8. The predicted molar refractivity (Wildman–Crippen MR) is 102 cm³/mol. The first-order valence-electron chi connectivity index (χ1n) is 9.16. The summed E-state index contributed by atoms with van der Waals surface area (Å²) in [5.41, 5.74) is 2.17. The van der Waals surface area contributed by atoms with Crippen LogP contribution in [-0.2, 0) is 32.0 Å². The Morgan fingerprint density at radius 1 is 1.37 bits per heavy atom. The van der Waals surface area contributed by atoms with Crippen LogP contribution in [0.1, 0.15) is 37.5 Å². The predicted octanol–water partition coefficient (Wildman–Crippen LogP) is 2.30. The second kappa shape index (κ2) is 8.46. The monoisotopic (exact) mass is 391 g/mol. The molecule has 0 atom stereocenters. The van der Waals surface area contributed by atoms with Crippen LogP contribution in [0.5, 0.6) is 0 Å². The lowest BCUT2D eigenvalue weighted by Gasteiger charge is -2.36. The van der Waals surface area contributed by atoms with Crippen molar-refractivity contribution in [2.45, 2.75) is 44.4 Å². The maximum Gasteiger partial charge on any atom is 0.316 e. The van der Waals surface area contributed by atoms with Crippen LogP contribution in [-0.4, -0.2) is 55.2 Å². The first-order valence-corrected chi connectivity index (χ1v) is 10.1. The van der Waals surface area contributed by atoms with Crippen LogP contribution < -0.4 is 4.90 Å². The van der Waals surface area contributed by atoms with Crippen LogP contribution in [0.3, 0.4) is 0 Å². The van der Waals surface area contributed by atoms with Crippen LogP contribution >= 0.6 is 11.8 Å². The fourth-order valence-electron chi connectivity index (χ4n) is 3.31. The molecule has 1 aromatic rings. The second-order valence-electron chi connectivity index (χ2n) is 7.10. The number of aromatic nitrogens is 1. The van der Waals surface area contributed by atoms with E-state index in [1.165, 1.54) is 11.8 Å². The maximum absolute atomic E-state index is 11.8. The lowest BCUT2D eigenvalue weighted by molar-refractivity contribution is -0.139. The summed E-state index contributed by atoms with van der Waals surface area (Å²) in [6, 6.07) is 2.31. The Morgan fingerprint density at radius 2 is 2.11 bits per heavy atom.